The fourth-order valence-electron chi connectivity index (χ4n) is 3.45. The molecule has 4 rings (SSSR count). The summed E-state index contributed by atoms with van der Waals surface area (Å²) in [6, 6.07) is 11.7. The highest BCUT2D eigenvalue weighted by molar-refractivity contribution is 6.33. The van der Waals surface area contributed by atoms with Gasteiger partial charge in [0, 0.05) is 24.6 Å². The summed E-state index contributed by atoms with van der Waals surface area (Å²) in [6.07, 6.45) is 1.31. The van der Waals surface area contributed by atoms with Gasteiger partial charge in [0.25, 0.3) is 5.91 Å². The van der Waals surface area contributed by atoms with E-state index in [4.69, 9.17) is 20.9 Å². The summed E-state index contributed by atoms with van der Waals surface area (Å²) in [5.41, 5.74) is 0.759. The van der Waals surface area contributed by atoms with Crippen molar-refractivity contribution < 1.29 is 18.4 Å². The number of nitrogens with zero attached hydrogens (tertiary/aromatic N) is 3. The van der Waals surface area contributed by atoms with E-state index in [0.717, 1.165) is 11.3 Å². The van der Waals surface area contributed by atoms with Crippen LogP contribution in [0.25, 0.3) is 11.4 Å². The number of methoxy groups -OCH3 is 1. The molecule has 2 aromatic carbocycles. The molecule has 2 heterocycles. The molecule has 0 atom stereocenters. The van der Waals surface area contributed by atoms with Crippen molar-refractivity contribution in [1.29, 1.82) is 0 Å². The number of benzene rings is 2. The first-order valence-electron chi connectivity index (χ1n) is 9.28. The smallest absolute Gasteiger partial charge is 0.258 e. The fraction of sp³-hybridized carbons (Fsp3) is 0.286. The molecule has 1 amide bonds. The first-order chi connectivity index (χ1) is 14.1. The van der Waals surface area contributed by atoms with Gasteiger partial charge in [-0.3, -0.25) is 4.79 Å². The molecule has 1 aliphatic heterocycles. The molecule has 1 aliphatic rings. The molecule has 3 aromatic rings. The second kappa shape index (κ2) is 8.21. The Labute approximate surface area is 172 Å². The number of likely N-dealkylation sites (tertiary alicyclic amines) is 1. The van der Waals surface area contributed by atoms with E-state index in [2.05, 4.69) is 10.1 Å². The number of piperidine rings is 1. The molecule has 0 radical (unpaired) electrons. The van der Waals surface area contributed by atoms with Crippen molar-refractivity contribution in [3.05, 3.63) is 64.8 Å². The van der Waals surface area contributed by atoms with Crippen molar-refractivity contribution in [2.75, 3.05) is 20.2 Å². The Morgan fingerprint density at radius 1 is 1.21 bits per heavy atom. The van der Waals surface area contributed by atoms with E-state index in [1.165, 1.54) is 18.2 Å². The molecule has 8 heteroatoms. The third kappa shape index (κ3) is 3.96. The largest absolute Gasteiger partial charge is 0.497 e. The third-order valence-corrected chi connectivity index (χ3v) is 5.41. The number of carbonyl (C=O) groups excluding carboxylic acids is 1. The number of rotatable bonds is 4. The normalized spacial score (nSPS) is 14.8. The van der Waals surface area contributed by atoms with Gasteiger partial charge in [-0.15, -0.1) is 0 Å². The average Bonchev–Trinajstić information content (AvgIpc) is 3.24. The van der Waals surface area contributed by atoms with Gasteiger partial charge in [-0.25, -0.2) is 4.39 Å². The van der Waals surface area contributed by atoms with Crippen LogP contribution >= 0.6 is 11.6 Å². The van der Waals surface area contributed by atoms with Crippen molar-refractivity contribution >= 4 is 17.5 Å². The van der Waals surface area contributed by atoms with Crippen LogP contribution in [-0.2, 0) is 0 Å². The fourth-order valence-corrected chi connectivity index (χ4v) is 3.69. The molecule has 29 heavy (non-hydrogen) atoms. The summed E-state index contributed by atoms with van der Waals surface area (Å²) in [7, 11) is 1.61. The van der Waals surface area contributed by atoms with Crippen LogP contribution < -0.4 is 4.74 Å². The van der Waals surface area contributed by atoms with Gasteiger partial charge in [-0.1, -0.05) is 22.8 Å². The average molecular weight is 416 g/mol. The predicted molar refractivity (Wildman–Crippen MR) is 106 cm³/mol. The Morgan fingerprint density at radius 3 is 2.59 bits per heavy atom. The van der Waals surface area contributed by atoms with E-state index in [-0.39, 0.29) is 16.5 Å². The van der Waals surface area contributed by atoms with Crippen LogP contribution in [0.3, 0.4) is 0 Å². The summed E-state index contributed by atoms with van der Waals surface area (Å²) in [6.45, 7) is 0.933. The second-order valence-electron chi connectivity index (χ2n) is 6.85. The molecular weight excluding hydrogens is 397 g/mol. The molecule has 1 saturated heterocycles. The maximum Gasteiger partial charge on any atom is 0.258 e. The highest BCUT2D eigenvalue weighted by atomic mass is 35.5. The van der Waals surface area contributed by atoms with Crippen molar-refractivity contribution in [2.24, 2.45) is 0 Å². The molecule has 0 saturated carbocycles. The van der Waals surface area contributed by atoms with E-state index in [9.17, 15) is 9.18 Å². The molecule has 0 spiro atoms. The lowest BCUT2D eigenvalue weighted by Gasteiger charge is -2.30. The van der Waals surface area contributed by atoms with Crippen molar-refractivity contribution in [3.8, 4) is 17.1 Å². The number of carbonyl (C=O) groups is 1. The van der Waals surface area contributed by atoms with E-state index >= 15 is 0 Å². The van der Waals surface area contributed by atoms with Crippen LogP contribution in [-0.4, -0.2) is 41.1 Å². The van der Waals surface area contributed by atoms with Gasteiger partial charge < -0.3 is 14.2 Å². The molecule has 150 valence electrons. The van der Waals surface area contributed by atoms with Crippen LogP contribution in [0.15, 0.2) is 47.0 Å². The monoisotopic (exact) mass is 415 g/mol. The zero-order chi connectivity index (χ0) is 20.4. The van der Waals surface area contributed by atoms with E-state index in [0.29, 0.717) is 37.6 Å². The summed E-state index contributed by atoms with van der Waals surface area (Å²) in [5, 5.41) is 4.19. The number of hydrogen-bond donors (Lipinski definition) is 0. The topological polar surface area (TPSA) is 68.5 Å². The van der Waals surface area contributed by atoms with Crippen molar-refractivity contribution in [2.45, 2.75) is 18.8 Å². The van der Waals surface area contributed by atoms with Gasteiger partial charge in [-0.05, 0) is 49.2 Å². The SMILES string of the molecule is COc1ccc(-c2noc(C3CCN(C(=O)c4c(F)cccc4Cl)CC3)n2)cc1. The third-order valence-electron chi connectivity index (χ3n) is 5.10. The van der Waals surface area contributed by atoms with Crippen LogP contribution in [0.2, 0.25) is 5.02 Å². The molecule has 0 N–H and O–H groups in total. The number of ether oxygens (including phenoxy) is 1. The lowest BCUT2D eigenvalue weighted by Crippen LogP contribution is -2.38. The minimum absolute atomic E-state index is 0.0506. The Morgan fingerprint density at radius 2 is 1.93 bits per heavy atom. The maximum absolute atomic E-state index is 14.0. The highest BCUT2D eigenvalue weighted by Gasteiger charge is 2.30. The standard InChI is InChI=1S/C21H19ClFN3O3/c1-28-15-7-5-13(6-8-15)19-24-20(29-25-19)14-9-11-26(12-10-14)21(27)18-16(22)3-2-4-17(18)23/h2-8,14H,9-12H2,1H3. The van der Waals surface area contributed by atoms with Crippen LogP contribution in [0, 0.1) is 5.82 Å². The lowest BCUT2D eigenvalue weighted by atomic mass is 9.96. The lowest BCUT2D eigenvalue weighted by molar-refractivity contribution is 0.0700. The Bertz CT molecular complexity index is 994. The molecule has 6 nitrogen and oxygen atoms in total. The summed E-state index contributed by atoms with van der Waals surface area (Å²) >= 11 is 6.02. The Balaban J connectivity index is 1.42. The van der Waals surface area contributed by atoms with Gasteiger partial charge in [0.15, 0.2) is 0 Å². The number of amides is 1. The zero-order valence-electron chi connectivity index (χ0n) is 15.8. The van der Waals surface area contributed by atoms with Gasteiger partial charge in [0.2, 0.25) is 11.7 Å². The van der Waals surface area contributed by atoms with E-state index in [1.807, 2.05) is 24.3 Å². The molecule has 1 aromatic heterocycles. The van der Waals surface area contributed by atoms with Gasteiger partial charge >= 0.3 is 0 Å². The molecule has 0 aliphatic carbocycles. The minimum Gasteiger partial charge on any atom is -0.497 e. The van der Waals surface area contributed by atoms with Crippen molar-refractivity contribution in [1.82, 2.24) is 15.0 Å². The van der Waals surface area contributed by atoms with Crippen LogP contribution in [0.5, 0.6) is 5.75 Å². The first-order valence-corrected chi connectivity index (χ1v) is 9.66. The molecule has 0 unspecified atom stereocenters. The highest BCUT2D eigenvalue weighted by Crippen LogP contribution is 2.30. The number of halogens is 2. The van der Waals surface area contributed by atoms with Gasteiger partial charge in [0.05, 0.1) is 17.7 Å². The maximum atomic E-state index is 14.0. The Kier molecular flexibility index (Phi) is 5.49. The number of aromatic nitrogens is 2. The predicted octanol–water partition coefficient (Wildman–Crippen LogP) is 4.56. The second-order valence-corrected chi connectivity index (χ2v) is 7.26. The van der Waals surface area contributed by atoms with E-state index < -0.39 is 11.7 Å². The minimum atomic E-state index is -0.606. The summed E-state index contributed by atoms with van der Waals surface area (Å²) in [4.78, 5) is 18.8. The van der Waals surface area contributed by atoms with Crippen LogP contribution in [0.1, 0.15) is 35.0 Å². The molecular formula is C21H19ClFN3O3. The molecule has 0 bridgehead atoms. The van der Waals surface area contributed by atoms with Gasteiger partial charge in [0.1, 0.15) is 11.6 Å². The summed E-state index contributed by atoms with van der Waals surface area (Å²) in [5.74, 6) is 0.868. The molecule has 1 fully saturated rings. The van der Waals surface area contributed by atoms with Crippen molar-refractivity contribution in [3.63, 3.8) is 0 Å². The first kappa shape index (κ1) is 19.4. The van der Waals surface area contributed by atoms with E-state index in [1.54, 1.807) is 12.0 Å². The zero-order valence-corrected chi connectivity index (χ0v) is 16.5. The number of hydrogen-bond acceptors (Lipinski definition) is 5. The van der Waals surface area contributed by atoms with Crippen LogP contribution in [0.4, 0.5) is 4.39 Å². The van der Waals surface area contributed by atoms with Gasteiger partial charge in [-0.2, -0.15) is 4.98 Å². The Hall–Kier alpha value is -2.93. The summed E-state index contributed by atoms with van der Waals surface area (Å²) < 4.78 is 24.6. The quantitative estimate of drug-likeness (QED) is 0.625.